The average Bonchev–Trinajstić information content (AvgIpc) is 1.66. The van der Waals surface area contributed by atoms with Gasteiger partial charge < -0.3 is 35.5 Å². The van der Waals surface area contributed by atoms with Crippen LogP contribution in [0.2, 0.25) is 19.6 Å². The Bertz CT molecular complexity index is 3770. The first kappa shape index (κ1) is 72.5. The number of hydrogen-bond donors (Lipinski definition) is 2. The number of unbranched alkanes of at least 4 members (excludes halogenated alkanes) is 11. The quantitative estimate of drug-likeness (QED) is 0.0233. The van der Waals surface area contributed by atoms with Crippen molar-refractivity contribution in [3.63, 3.8) is 0 Å². The van der Waals surface area contributed by atoms with Gasteiger partial charge in [-0.1, -0.05) is 229 Å². The van der Waals surface area contributed by atoms with Gasteiger partial charge in [0.2, 0.25) is 0 Å². The maximum absolute atomic E-state index is 15.6. The Morgan fingerprint density at radius 2 is 0.892 bits per heavy atom. The van der Waals surface area contributed by atoms with E-state index >= 15 is 8.78 Å². The molecule has 93 heavy (non-hydrogen) atoms. The largest absolute Gasteiger partial charge is 0.507 e. The molecule has 0 spiro atoms. The van der Waals surface area contributed by atoms with Crippen molar-refractivity contribution in [1.29, 1.82) is 0 Å². The first-order valence-electron chi connectivity index (χ1n) is 34.5. The van der Waals surface area contributed by atoms with Gasteiger partial charge in [0.05, 0.1) is 29.9 Å². The molecule has 1 aromatic heterocycles. The van der Waals surface area contributed by atoms with Crippen LogP contribution >= 0.6 is 0 Å². The molecule has 6 nitrogen and oxygen atoms in total. The third-order valence-electron chi connectivity index (χ3n) is 18.5. The molecule has 1 radical (unpaired) electrons. The van der Waals surface area contributed by atoms with Crippen LogP contribution in [0.1, 0.15) is 191 Å². The number of phenolic OH excluding ortho intramolecular Hbond substituents is 2. The third kappa shape index (κ3) is 18.6. The van der Waals surface area contributed by atoms with E-state index < -0.39 is 19.7 Å². The summed E-state index contributed by atoms with van der Waals surface area (Å²) < 4.78 is 50.7. The fraction of sp³-hybridized carbons (Fsp3) is 0.410. The Morgan fingerprint density at radius 1 is 0.484 bits per heavy atom. The Kier molecular flexibility index (Phi) is 26.4. The molecule has 3 N–H and O–H groups in total. The molecule has 10 heteroatoms. The van der Waals surface area contributed by atoms with E-state index in [-0.39, 0.29) is 54.1 Å². The van der Waals surface area contributed by atoms with E-state index in [2.05, 4.69) is 168 Å². The van der Waals surface area contributed by atoms with Crippen LogP contribution < -0.4 is 9.47 Å². The number of benzene rings is 8. The molecule has 491 valence electrons. The van der Waals surface area contributed by atoms with Crippen molar-refractivity contribution >= 4 is 29.9 Å². The molecule has 1 fully saturated rings. The number of hydrogen-bond acceptors (Lipinski definition) is 4. The van der Waals surface area contributed by atoms with E-state index in [1.54, 1.807) is 12.1 Å². The van der Waals surface area contributed by atoms with Gasteiger partial charge in [-0.2, -0.15) is 0 Å². The number of phenols is 2. The number of nitrogens with zero attached hydrogens (tertiary/aromatic N) is 1. The summed E-state index contributed by atoms with van der Waals surface area (Å²) in [7, 11) is -0.861. The molecule has 0 amide bonds. The van der Waals surface area contributed by atoms with E-state index in [1.165, 1.54) is 94.9 Å². The number of fused-ring (bicyclic) bond motifs is 6. The summed E-state index contributed by atoms with van der Waals surface area (Å²) >= 11 is 0. The number of halogens is 2. The molecule has 1 aliphatic carbocycles. The van der Waals surface area contributed by atoms with Crippen LogP contribution in [0.5, 0.6) is 23.0 Å². The molecule has 1 saturated heterocycles. The van der Waals surface area contributed by atoms with Gasteiger partial charge in [-0.25, -0.2) is 8.78 Å². The van der Waals surface area contributed by atoms with Crippen molar-refractivity contribution in [2.75, 3.05) is 26.4 Å². The van der Waals surface area contributed by atoms with Crippen LogP contribution in [0, 0.1) is 18.2 Å². The van der Waals surface area contributed by atoms with Gasteiger partial charge in [0.25, 0.3) is 0 Å². The second-order valence-corrected chi connectivity index (χ2v) is 33.4. The fourth-order valence-electron chi connectivity index (χ4n) is 13.3. The van der Waals surface area contributed by atoms with Crippen LogP contribution in [-0.2, 0) is 36.7 Å². The summed E-state index contributed by atoms with van der Waals surface area (Å²) in [4.78, 5) is 0. The van der Waals surface area contributed by atoms with E-state index in [0.29, 0.717) is 65.5 Å². The molecular weight excluding hydrogens is 1200 g/mol. The molecular formula is C83H103F2NO5ScSi. The summed E-state index contributed by atoms with van der Waals surface area (Å²) in [5.74, 6) is 0.0601. The summed E-state index contributed by atoms with van der Waals surface area (Å²) in [5, 5.41) is 27.5. The smallest absolute Gasteiger partial charge is 0.147 e. The van der Waals surface area contributed by atoms with Crippen LogP contribution in [0.3, 0.4) is 0 Å². The van der Waals surface area contributed by atoms with Crippen molar-refractivity contribution in [2.24, 2.45) is 0 Å². The second kappa shape index (κ2) is 33.9. The number of aromatic hydroxyl groups is 2. The Balaban J connectivity index is 0.000000931. The van der Waals surface area contributed by atoms with Crippen LogP contribution in [-0.4, -0.2) is 54.0 Å². The molecule has 0 atom stereocenters. The Morgan fingerprint density at radius 3 is 1.34 bits per heavy atom. The summed E-state index contributed by atoms with van der Waals surface area (Å²) in [6.07, 6.45) is 20.2. The second-order valence-electron chi connectivity index (χ2n) is 28.3. The minimum absolute atomic E-state index is 0. The van der Waals surface area contributed by atoms with Gasteiger partial charge in [-0.05, 0) is 137 Å². The molecule has 11 rings (SSSR count). The third-order valence-corrected chi connectivity index (χ3v) is 18.5. The molecule has 0 bridgehead atoms. The molecule has 9 aromatic rings. The van der Waals surface area contributed by atoms with Crippen molar-refractivity contribution in [3.8, 4) is 62.1 Å². The minimum atomic E-state index is -0.861. The summed E-state index contributed by atoms with van der Waals surface area (Å²) in [5.41, 5.74) is 11.7. The Hall–Kier alpha value is -6.33. The normalized spacial score (nSPS) is 13.0. The zero-order valence-electron chi connectivity index (χ0n) is 57.3. The van der Waals surface area contributed by atoms with Gasteiger partial charge in [0.15, 0.2) is 0 Å². The van der Waals surface area contributed by atoms with Crippen LogP contribution in [0.15, 0.2) is 158 Å². The van der Waals surface area contributed by atoms with E-state index in [9.17, 15) is 10.2 Å². The van der Waals surface area contributed by atoms with Crippen molar-refractivity contribution in [3.05, 3.63) is 204 Å². The predicted octanol–water partition coefficient (Wildman–Crippen LogP) is 23.3. The van der Waals surface area contributed by atoms with Gasteiger partial charge in [0, 0.05) is 83.2 Å². The van der Waals surface area contributed by atoms with Gasteiger partial charge in [-0.3, -0.25) is 0 Å². The standard InChI is InChI=1S/C75H83F2NO4.C4H8O.C4H11Si.Sc/c1-7-9-11-13-15-25-41-74(3,4)51-45-63(72(79)65(47-51)71-59-33-19-17-29-55(59)56-30-18-20-34-60(56)71)61-49-53(76)37-39-69(61)81-43-27-28-44-82-70-40-38-54(77)50-62(70)64-46-52(75(5,6)42-26-16-14-12-10-8-2)48-68(73(64)80)78-66-35-23-21-31-57(66)58-32-22-24-36-67(58)78;1-2-4-5-3-1;1-5(2,3)4;/h17-24,29-40,45-50,71,79-80H,7-16,25-28,41-44H2,1-6H3;1-4H2;1H2,2-4H3;/q;;-1;/p+1. The predicted molar refractivity (Wildman–Crippen MR) is 386 cm³/mol. The molecule has 0 unspecified atom stereocenters. The van der Waals surface area contributed by atoms with Crippen LogP contribution in [0.25, 0.3) is 60.9 Å². The van der Waals surface area contributed by atoms with Crippen LogP contribution in [0.4, 0.5) is 8.78 Å². The summed E-state index contributed by atoms with van der Waals surface area (Å²) in [6, 6.07) is 51.0. The maximum atomic E-state index is 15.6. The van der Waals surface area contributed by atoms with Crippen molar-refractivity contribution in [1.82, 2.24) is 4.57 Å². The zero-order valence-corrected chi connectivity index (χ0v) is 60.1. The maximum Gasteiger partial charge on any atom is 0.147 e. The number of rotatable bonds is 27. The molecule has 0 saturated carbocycles. The fourth-order valence-corrected chi connectivity index (χ4v) is 13.3. The van der Waals surface area contributed by atoms with Gasteiger partial charge in [0.1, 0.15) is 47.8 Å². The Labute approximate surface area is 575 Å². The zero-order chi connectivity index (χ0) is 65.4. The monoisotopic (exact) mass is 1300 g/mol. The minimum Gasteiger partial charge on any atom is -0.507 e. The SMILES string of the molecule is C1CC[OH+]C1.CCCCCCCCC(C)(C)c1cc(-c2cc(F)ccc2OCCCCOc2ccc(F)cc2-c2cc(C(C)(C)CCCCCCCC)cc(-n3c4ccccc4c4ccccc43)c2O)c(O)c(C2c3ccccc3-c3ccccc32)c1.[CH2-][Si](C)(C)C.[Sc]. The first-order chi connectivity index (χ1) is 44.3. The molecule has 8 aromatic carbocycles. The summed E-state index contributed by atoms with van der Waals surface area (Å²) in [6.45, 7) is 27.0. The van der Waals surface area contributed by atoms with Gasteiger partial charge in [-0.15, -0.1) is 8.07 Å². The average molecular weight is 1310 g/mol. The van der Waals surface area contributed by atoms with Gasteiger partial charge >= 0.3 is 0 Å². The number of aromatic nitrogens is 1. The molecule has 1 aliphatic heterocycles. The first-order valence-corrected chi connectivity index (χ1v) is 38.3. The van der Waals surface area contributed by atoms with Crippen molar-refractivity contribution < 1.29 is 59.0 Å². The topological polar surface area (TPSA) is 76.7 Å². The van der Waals surface area contributed by atoms with E-state index in [1.807, 2.05) is 30.3 Å². The molecule has 2 heterocycles. The van der Waals surface area contributed by atoms with Crippen molar-refractivity contribution in [2.45, 2.75) is 194 Å². The van der Waals surface area contributed by atoms with E-state index in [4.69, 9.17) is 9.47 Å². The number of ether oxygens (including phenoxy) is 3. The van der Waals surface area contributed by atoms with E-state index in [0.717, 1.165) is 106 Å². The number of aliphatic hydroxyl groups is 2. The molecule has 2 aliphatic rings. The number of para-hydroxylation sites is 2.